The predicted molar refractivity (Wildman–Crippen MR) is 76.5 cm³/mol. The predicted octanol–water partition coefficient (Wildman–Crippen LogP) is 1.98. The van der Waals surface area contributed by atoms with E-state index in [-0.39, 0.29) is 4.90 Å². The van der Waals surface area contributed by atoms with E-state index in [0.717, 1.165) is 25.8 Å². The van der Waals surface area contributed by atoms with Crippen LogP contribution >= 0.6 is 0 Å². The van der Waals surface area contributed by atoms with Gasteiger partial charge in [-0.05, 0) is 37.9 Å². The average molecular weight is 300 g/mol. The van der Waals surface area contributed by atoms with Crippen LogP contribution in [0.5, 0.6) is 0 Å². The quantitative estimate of drug-likeness (QED) is 0.904. The van der Waals surface area contributed by atoms with Gasteiger partial charge in [0.1, 0.15) is 10.7 Å². The zero-order valence-corrected chi connectivity index (χ0v) is 12.5. The van der Waals surface area contributed by atoms with Crippen LogP contribution in [0, 0.1) is 5.82 Å². The van der Waals surface area contributed by atoms with E-state index in [4.69, 9.17) is 0 Å². The van der Waals surface area contributed by atoms with Crippen molar-refractivity contribution in [1.82, 2.24) is 9.62 Å². The third kappa shape index (κ3) is 3.37. The van der Waals surface area contributed by atoms with Gasteiger partial charge < -0.3 is 5.32 Å². The molecule has 1 fully saturated rings. The van der Waals surface area contributed by atoms with Gasteiger partial charge in [0.15, 0.2) is 0 Å². The fourth-order valence-electron chi connectivity index (χ4n) is 2.44. The molecule has 6 heteroatoms. The molecule has 0 saturated carbocycles. The second-order valence-corrected chi connectivity index (χ2v) is 6.97. The first-order valence-corrected chi connectivity index (χ1v) is 8.47. The Morgan fingerprint density at radius 3 is 2.55 bits per heavy atom. The molecule has 2 rings (SSSR count). The zero-order valence-electron chi connectivity index (χ0n) is 11.7. The molecule has 0 bridgehead atoms. The molecule has 0 aliphatic carbocycles. The van der Waals surface area contributed by atoms with Crippen LogP contribution in [-0.2, 0) is 10.0 Å². The van der Waals surface area contributed by atoms with Crippen molar-refractivity contribution < 1.29 is 12.8 Å². The SMILES string of the molecule is CCCNC1CCN(S(=O)(=O)c2ccccc2F)CC1. The van der Waals surface area contributed by atoms with Gasteiger partial charge in [0.2, 0.25) is 10.0 Å². The normalized spacial score (nSPS) is 18.3. The Balaban J connectivity index is 2.04. The van der Waals surface area contributed by atoms with Gasteiger partial charge in [-0.25, -0.2) is 12.8 Å². The summed E-state index contributed by atoms with van der Waals surface area (Å²) in [6, 6.07) is 5.91. The van der Waals surface area contributed by atoms with Gasteiger partial charge in [-0.1, -0.05) is 19.1 Å². The molecule has 0 unspecified atom stereocenters. The van der Waals surface area contributed by atoms with Crippen LogP contribution in [-0.4, -0.2) is 38.4 Å². The van der Waals surface area contributed by atoms with Crippen molar-refractivity contribution in [1.29, 1.82) is 0 Å². The van der Waals surface area contributed by atoms with Crippen LogP contribution in [0.15, 0.2) is 29.2 Å². The third-order valence-electron chi connectivity index (χ3n) is 3.59. The van der Waals surface area contributed by atoms with E-state index in [9.17, 15) is 12.8 Å². The van der Waals surface area contributed by atoms with Crippen molar-refractivity contribution in [3.63, 3.8) is 0 Å². The highest BCUT2D eigenvalue weighted by Gasteiger charge is 2.30. The van der Waals surface area contributed by atoms with Crippen LogP contribution in [0.25, 0.3) is 0 Å². The van der Waals surface area contributed by atoms with Gasteiger partial charge >= 0.3 is 0 Å². The Morgan fingerprint density at radius 1 is 1.30 bits per heavy atom. The molecule has 0 radical (unpaired) electrons. The first-order chi connectivity index (χ1) is 9.55. The minimum Gasteiger partial charge on any atom is -0.314 e. The topological polar surface area (TPSA) is 49.4 Å². The number of hydrogen-bond donors (Lipinski definition) is 1. The monoisotopic (exact) mass is 300 g/mol. The minimum atomic E-state index is -3.71. The maximum atomic E-state index is 13.7. The van der Waals surface area contributed by atoms with E-state index < -0.39 is 15.8 Å². The molecule has 0 spiro atoms. The maximum absolute atomic E-state index is 13.7. The highest BCUT2D eigenvalue weighted by atomic mass is 32.2. The third-order valence-corrected chi connectivity index (χ3v) is 5.52. The summed E-state index contributed by atoms with van der Waals surface area (Å²) in [7, 11) is -3.71. The summed E-state index contributed by atoms with van der Waals surface area (Å²) in [4.78, 5) is -0.222. The van der Waals surface area contributed by atoms with Crippen LogP contribution in [0.2, 0.25) is 0 Å². The molecule has 1 heterocycles. The van der Waals surface area contributed by atoms with Gasteiger partial charge in [-0.2, -0.15) is 4.31 Å². The standard InChI is InChI=1S/C14H21FN2O2S/c1-2-9-16-12-7-10-17(11-8-12)20(18,19)14-6-4-3-5-13(14)15/h3-6,12,16H,2,7-11H2,1H3. The molecular formula is C14H21FN2O2S. The summed E-state index contributed by atoms with van der Waals surface area (Å²) >= 11 is 0. The van der Waals surface area contributed by atoms with Crippen molar-refractivity contribution >= 4 is 10.0 Å². The number of nitrogens with zero attached hydrogens (tertiary/aromatic N) is 1. The molecule has 1 aromatic carbocycles. The van der Waals surface area contributed by atoms with Crippen molar-refractivity contribution in [2.45, 2.75) is 37.1 Å². The lowest BCUT2D eigenvalue weighted by atomic mass is 10.1. The number of sulfonamides is 1. The molecule has 1 N–H and O–H groups in total. The average Bonchev–Trinajstić information content (AvgIpc) is 2.46. The molecule has 0 atom stereocenters. The summed E-state index contributed by atoms with van der Waals surface area (Å²) in [6.07, 6.45) is 2.61. The second kappa shape index (κ2) is 6.65. The Labute approximate surface area is 120 Å². The minimum absolute atomic E-state index is 0.222. The molecule has 1 aliphatic rings. The summed E-state index contributed by atoms with van der Waals surface area (Å²) in [5.41, 5.74) is 0. The number of rotatable bonds is 5. The Morgan fingerprint density at radius 2 is 1.95 bits per heavy atom. The Kier molecular flexibility index (Phi) is 5.12. The molecule has 112 valence electrons. The Bertz CT molecular complexity index is 540. The van der Waals surface area contributed by atoms with E-state index in [1.807, 2.05) is 0 Å². The van der Waals surface area contributed by atoms with Crippen LogP contribution in [0.4, 0.5) is 4.39 Å². The molecule has 0 amide bonds. The molecule has 1 saturated heterocycles. The Hall–Kier alpha value is -0.980. The fraction of sp³-hybridized carbons (Fsp3) is 0.571. The lowest BCUT2D eigenvalue weighted by Gasteiger charge is -2.31. The summed E-state index contributed by atoms with van der Waals surface area (Å²) < 4.78 is 39.8. The lowest BCUT2D eigenvalue weighted by Crippen LogP contribution is -2.45. The second-order valence-electron chi connectivity index (χ2n) is 5.06. The first kappa shape index (κ1) is 15.4. The van der Waals surface area contributed by atoms with Crippen LogP contribution in [0.1, 0.15) is 26.2 Å². The largest absolute Gasteiger partial charge is 0.314 e. The lowest BCUT2D eigenvalue weighted by molar-refractivity contribution is 0.289. The number of nitrogens with one attached hydrogen (secondary N) is 1. The van der Waals surface area contributed by atoms with E-state index in [1.165, 1.54) is 22.5 Å². The van der Waals surface area contributed by atoms with Crippen LogP contribution < -0.4 is 5.32 Å². The van der Waals surface area contributed by atoms with Gasteiger partial charge in [-0.3, -0.25) is 0 Å². The highest BCUT2D eigenvalue weighted by molar-refractivity contribution is 7.89. The highest BCUT2D eigenvalue weighted by Crippen LogP contribution is 2.22. The van der Waals surface area contributed by atoms with E-state index in [1.54, 1.807) is 6.07 Å². The fourth-order valence-corrected chi connectivity index (χ4v) is 3.98. The van der Waals surface area contributed by atoms with Gasteiger partial charge in [0, 0.05) is 19.1 Å². The first-order valence-electron chi connectivity index (χ1n) is 7.03. The maximum Gasteiger partial charge on any atom is 0.245 e. The number of benzene rings is 1. The number of piperidine rings is 1. The molecule has 4 nitrogen and oxygen atoms in total. The smallest absolute Gasteiger partial charge is 0.245 e. The number of halogens is 1. The van der Waals surface area contributed by atoms with Gasteiger partial charge in [-0.15, -0.1) is 0 Å². The summed E-state index contributed by atoms with van der Waals surface area (Å²) in [6.45, 7) is 3.94. The van der Waals surface area contributed by atoms with E-state index in [2.05, 4.69) is 12.2 Å². The molecular weight excluding hydrogens is 279 g/mol. The van der Waals surface area contributed by atoms with Gasteiger partial charge in [0.25, 0.3) is 0 Å². The van der Waals surface area contributed by atoms with Crippen molar-refractivity contribution in [3.05, 3.63) is 30.1 Å². The van der Waals surface area contributed by atoms with E-state index >= 15 is 0 Å². The van der Waals surface area contributed by atoms with Crippen LogP contribution in [0.3, 0.4) is 0 Å². The molecule has 1 aliphatic heterocycles. The van der Waals surface area contributed by atoms with Gasteiger partial charge in [0.05, 0.1) is 0 Å². The van der Waals surface area contributed by atoms with Crippen molar-refractivity contribution in [2.24, 2.45) is 0 Å². The molecule has 0 aromatic heterocycles. The molecule has 1 aromatic rings. The number of hydrogen-bond acceptors (Lipinski definition) is 3. The summed E-state index contributed by atoms with van der Waals surface area (Å²) in [5.74, 6) is -0.682. The summed E-state index contributed by atoms with van der Waals surface area (Å²) in [5, 5.41) is 3.40. The zero-order chi connectivity index (χ0) is 14.6. The van der Waals surface area contributed by atoms with Crippen molar-refractivity contribution in [3.8, 4) is 0 Å². The van der Waals surface area contributed by atoms with E-state index in [0.29, 0.717) is 19.1 Å². The molecule has 20 heavy (non-hydrogen) atoms. The van der Waals surface area contributed by atoms with Crippen molar-refractivity contribution in [2.75, 3.05) is 19.6 Å².